The molecule has 0 heterocycles. The molecule has 0 radical (unpaired) electrons. The SMILES string of the molecule is Cc1cccc(C(C)CNC(=O)NCCCC(C)(C)CO)c1. The highest BCUT2D eigenvalue weighted by Crippen LogP contribution is 2.20. The number of urea groups is 1. The first kappa shape index (κ1) is 18.5. The number of aliphatic hydroxyl groups is 1. The molecule has 22 heavy (non-hydrogen) atoms. The van der Waals surface area contributed by atoms with Crippen LogP contribution in [-0.2, 0) is 0 Å². The number of amides is 2. The van der Waals surface area contributed by atoms with Gasteiger partial charge in [0.25, 0.3) is 0 Å². The molecular formula is C18H30N2O2. The number of hydrogen-bond donors (Lipinski definition) is 3. The number of hydrogen-bond acceptors (Lipinski definition) is 2. The molecule has 0 aromatic heterocycles. The van der Waals surface area contributed by atoms with Gasteiger partial charge in [-0.15, -0.1) is 0 Å². The Hall–Kier alpha value is -1.55. The summed E-state index contributed by atoms with van der Waals surface area (Å²) < 4.78 is 0. The number of carbonyl (C=O) groups excluding carboxylic acids is 1. The van der Waals surface area contributed by atoms with E-state index in [9.17, 15) is 9.90 Å². The van der Waals surface area contributed by atoms with Crippen molar-refractivity contribution in [1.29, 1.82) is 0 Å². The van der Waals surface area contributed by atoms with Crippen LogP contribution in [0.3, 0.4) is 0 Å². The van der Waals surface area contributed by atoms with E-state index in [1.807, 2.05) is 19.9 Å². The van der Waals surface area contributed by atoms with E-state index in [0.717, 1.165) is 12.8 Å². The number of benzene rings is 1. The molecular weight excluding hydrogens is 276 g/mol. The second-order valence-electron chi connectivity index (χ2n) is 6.88. The van der Waals surface area contributed by atoms with Crippen molar-refractivity contribution >= 4 is 6.03 Å². The Bertz CT molecular complexity index is 472. The lowest BCUT2D eigenvalue weighted by molar-refractivity contribution is 0.148. The smallest absolute Gasteiger partial charge is 0.314 e. The quantitative estimate of drug-likeness (QED) is 0.646. The molecule has 0 aliphatic carbocycles. The van der Waals surface area contributed by atoms with Gasteiger partial charge in [-0.25, -0.2) is 4.79 Å². The van der Waals surface area contributed by atoms with Crippen LogP contribution in [0, 0.1) is 12.3 Å². The number of rotatable bonds is 8. The fraction of sp³-hybridized carbons (Fsp3) is 0.611. The molecule has 0 bridgehead atoms. The number of nitrogens with one attached hydrogen (secondary N) is 2. The molecule has 0 saturated carbocycles. The van der Waals surface area contributed by atoms with Crippen molar-refractivity contribution in [1.82, 2.24) is 10.6 Å². The summed E-state index contributed by atoms with van der Waals surface area (Å²) in [6.07, 6.45) is 1.76. The molecule has 1 aromatic carbocycles. The minimum atomic E-state index is -0.124. The maximum Gasteiger partial charge on any atom is 0.314 e. The van der Waals surface area contributed by atoms with Gasteiger partial charge in [0.1, 0.15) is 0 Å². The zero-order valence-electron chi connectivity index (χ0n) is 14.3. The van der Waals surface area contributed by atoms with Crippen LogP contribution in [0.2, 0.25) is 0 Å². The second kappa shape index (κ2) is 8.79. The van der Waals surface area contributed by atoms with Crippen LogP contribution in [0.1, 0.15) is 50.7 Å². The molecule has 0 saturated heterocycles. The summed E-state index contributed by atoms with van der Waals surface area (Å²) in [4.78, 5) is 11.8. The van der Waals surface area contributed by atoms with Gasteiger partial charge in [0.15, 0.2) is 0 Å². The summed E-state index contributed by atoms with van der Waals surface area (Å²) in [6.45, 7) is 9.66. The molecule has 1 rings (SSSR count). The molecule has 4 heteroatoms. The third-order valence-corrected chi connectivity index (χ3v) is 3.92. The molecule has 0 aliphatic heterocycles. The molecule has 4 nitrogen and oxygen atoms in total. The van der Waals surface area contributed by atoms with Crippen LogP contribution in [0.4, 0.5) is 4.79 Å². The van der Waals surface area contributed by atoms with E-state index >= 15 is 0 Å². The van der Waals surface area contributed by atoms with Crippen molar-refractivity contribution < 1.29 is 9.90 Å². The van der Waals surface area contributed by atoms with Crippen LogP contribution in [0.25, 0.3) is 0 Å². The van der Waals surface area contributed by atoms with Crippen molar-refractivity contribution in [2.45, 2.75) is 46.5 Å². The summed E-state index contributed by atoms with van der Waals surface area (Å²) in [5, 5.41) is 15.0. The van der Waals surface area contributed by atoms with Gasteiger partial charge in [-0.3, -0.25) is 0 Å². The van der Waals surface area contributed by atoms with Gasteiger partial charge in [-0.2, -0.15) is 0 Å². The molecule has 0 spiro atoms. The second-order valence-corrected chi connectivity index (χ2v) is 6.88. The molecule has 1 atom stereocenters. The fourth-order valence-electron chi connectivity index (χ4n) is 2.25. The minimum absolute atomic E-state index is 0.0716. The van der Waals surface area contributed by atoms with Crippen molar-refractivity contribution in [3.63, 3.8) is 0 Å². The van der Waals surface area contributed by atoms with E-state index in [-0.39, 0.29) is 18.1 Å². The topological polar surface area (TPSA) is 61.4 Å². The largest absolute Gasteiger partial charge is 0.396 e. The van der Waals surface area contributed by atoms with Crippen molar-refractivity contribution in [3.05, 3.63) is 35.4 Å². The molecule has 0 aliphatic rings. The lowest BCUT2D eigenvalue weighted by Gasteiger charge is -2.21. The van der Waals surface area contributed by atoms with Crippen LogP contribution >= 0.6 is 0 Å². The third kappa shape index (κ3) is 6.94. The molecule has 3 N–H and O–H groups in total. The van der Waals surface area contributed by atoms with E-state index in [4.69, 9.17) is 0 Å². The lowest BCUT2D eigenvalue weighted by Crippen LogP contribution is -2.38. The molecule has 1 unspecified atom stereocenters. The Balaban J connectivity index is 2.23. The summed E-state index contributed by atoms with van der Waals surface area (Å²) >= 11 is 0. The zero-order chi connectivity index (χ0) is 16.6. The number of aliphatic hydroxyl groups excluding tert-OH is 1. The van der Waals surface area contributed by atoms with Crippen LogP contribution < -0.4 is 10.6 Å². The fourth-order valence-corrected chi connectivity index (χ4v) is 2.25. The van der Waals surface area contributed by atoms with Crippen molar-refractivity contribution in [3.8, 4) is 0 Å². The monoisotopic (exact) mass is 306 g/mol. The van der Waals surface area contributed by atoms with Gasteiger partial charge < -0.3 is 15.7 Å². The average molecular weight is 306 g/mol. The van der Waals surface area contributed by atoms with Crippen LogP contribution in [0.5, 0.6) is 0 Å². The normalized spacial score (nSPS) is 12.8. The Morgan fingerprint density at radius 2 is 2.05 bits per heavy atom. The highest BCUT2D eigenvalue weighted by Gasteiger charge is 2.15. The van der Waals surface area contributed by atoms with Crippen molar-refractivity contribution in [2.24, 2.45) is 5.41 Å². The number of carbonyl (C=O) groups is 1. The predicted molar refractivity (Wildman–Crippen MR) is 91.1 cm³/mol. The Kier molecular flexibility index (Phi) is 7.39. The average Bonchev–Trinajstić information content (AvgIpc) is 2.49. The van der Waals surface area contributed by atoms with E-state index < -0.39 is 0 Å². The van der Waals surface area contributed by atoms with Gasteiger partial charge in [-0.1, -0.05) is 50.6 Å². The first-order chi connectivity index (χ1) is 10.3. The first-order valence-corrected chi connectivity index (χ1v) is 8.03. The van der Waals surface area contributed by atoms with Gasteiger partial charge >= 0.3 is 6.03 Å². The van der Waals surface area contributed by atoms with E-state index in [2.05, 4.69) is 42.7 Å². The lowest BCUT2D eigenvalue weighted by atomic mass is 9.89. The predicted octanol–water partition coefficient (Wildman–Crippen LogP) is 3.20. The maximum absolute atomic E-state index is 11.8. The summed E-state index contributed by atoms with van der Waals surface area (Å²) in [5.74, 6) is 0.291. The Labute approximate surface area is 134 Å². The summed E-state index contributed by atoms with van der Waals surface area (Å²) in [7, 11) is 0. The summed E-state index contributed by atoms with van der Waals surface area (Å²) in [5.41, 5.74) is 2.41. The highest BCUT2D eigenvalue weighted by molar-refractivity contribution is 5.73. The zero-order valence-corrected chi connectivity index (χ0v) is 14.3. The minimum Gasteiger partial charge on any atom is -0.396 e. The first-order valence-electron chi connectivity index (χ1n) is 8.03. The molecule has 0 fully saturated rings. The van der Waals surface area contributed by atoms with Gasteiger partial charge in [0, 0.05) is 19.7 Å². The summed E-state index contributed by atoms with van der Waals surface area (Å²) in [6, 6.07) is 8.24. The molecule has 2 amide bonds. The van der Waals surface area contributed by atoms with E-state index in [0.29, 0.717) is 19.0 Å². The van der Waals surface area contributed by atoms with Crippen molar-refractivity contribution in [2.75, 3.05) is 19.7 Å². The van der Waals surface area contributed by atoms with Crippen LogP contribution in [-0.4, -0.2) is 30.8 Å². The molecule has 124 valence electrons. The molecule has 1 aromatic rings. The maximum atomic E-state index is 11.8. The Morgan fingerprint density at radius 3 is 2.68 bits per heavy atom. The van der Waals surface area contributed by atoms with Gasteiger partial charge in [0.2, 0.25) is 0 Å². The van der Waals surface area contributed by atoms with E-state index in [1.54, 1.807) is 0 Å². The van der Waals surface area contributed by atoms with Gasteiger partial charge in [-0.05, 0) is 36.7 Å². The van der Waals surface area contributed by atoms with Gasteiger partial charge in [0.05, 0.1) is 0 Å². The Morgan fingerprint density at radius 1 is 1.32 bits per heavy atom. The van der Waals surface area contributed by atoms with E-state index in [1.165, 1.54) is 11.1 Å². The third-order valence-electron chi connectivity index (χ3n) is 3.92. The van der Waals surface area contributed by atoms with Crippen LogP contribution in [0.15, 0.2) is 24.3 Å². The highest BCUT2D eigenvalue weighted by atomic mass is 16.3. The standard InChI is InChI=1S/C18H30N2O2/c1-14-7-5-8-16(11-14)15(2)12-20-17(22)19-10-6-9-18(3,4)13-21/h5,7-8,11,15,21H,6,9-10,12-13H2,1-4H3,(H2,19,20,22). The number of aryl methyl sites for hydroxylation is 1.